The zero-order valence-electron chi connectivity index (χ0n) is 8.61. The zero-order valence-corrected chi connectivity index (χ0v) is 10.2. The highest BCUT2D eigenvalue weighted by atomic mass is 79.9. The Morgan fingerprint density at radius 3 is 2.47 bits per heavy atom. The van der Waals surface area contributed by atoms with Gasteiger partial charge in [0.05, 0.1) is 0 Å². The molecule has 1 rings (SSSR count). The van der Waals surface area contributed by atoms with Gasteiger partial charge < -0.3 is 10.0 Å². The van der Waals surface area contributed by atoms with Crippen molar-refractivity contribution in [2.24, 2.45) is 0 Å². The Hall–Kier alpha value is -1.03. The molecule has 15 heavy (non-hydrogen) atoms. The summed E-state index contributed by atoms with van der Waals surface area (Å²) in [5, 5.41) is 9.87. The number of nitrogens with zero attached hydrogens (tertiary/aromatic N) is 1. The monoisotopic (exact) mass is 271 g/mol. The lowest BCUT2D eigenvalue weighted by Crippen LogP contribution is -2.32. The highest BCUT2D eigenvalue weighted by Crippen LogP contribution is 2.11. The van der Waals surface area contributed by atoms with E-state index in [1.54, 1.807) is 17.0 Å². The summed E-state index contributed by atoms with van der Waals surface area (Å²) in [6.45, 7) is 3.32. The Kier molecular flexibility index (Phi) is 4.62. The molecule has 0 saturated carbocycles. The minimum absolute atomic E-state index is 0.00282. The number of hydrogen-bond donors (Lipinski definition) is 1. The van der Waals surface area contributed by atoms with Crippen LogP contribution in [-0.2, 0) is 0 Å². The van der Waals surface area contributed by atoms with Crippen LogP contribution in [0.25, 0.3) is 0 Å². The van der Waals surface area contributed by atoms with Crippen LogP contribution in [0.3, 0.4) is 0 Å². The summed E-state index contributed by atoms with van der Waals surface area (Å²) in [5.74, 6) is 0.173. The Morgan fingerprint density at radius 2 is 2.00 bits per heavy atom. The molecule has 0 fully saturated rings. The summed E-state index contributed by atoms with van der Waals surface area (Å²) in [5.41, 5.74) is 0.607. The molecule has 0 saturated heterocycles. The van der Waals surface area contributed by atoms with Gasteiger partial charge in [-0.15, -0.1) is 0 Å². The van der Waals surface area contributed by atoms with Crippen LogP contribution in [0.2, 0.25) is 0 Å². The first kappa shape index (κ1) is 12.0. The van der Waals surface area contributed by atoms with E-state index in [2.05, 4.69) is 15.9 Å². The van der Waals surface area contributed by atoms with Crippen LogP contribution in [0, 0.1) is 0 Å². The minimum Gasteiger partial charge on any atom is -0.508 e. The molecule has 0 spiro atoms. The smallest absolute Gasteiger partial charge is 0.253 e. The molecule has 1 aromatic rings. The van der Waals surface area contributed by atoms with E-state index in [0.29, 0.717) is 18.7 Å². The second kappa shape index (κ2) is 5.75. The second-order valence-corrected chi connectivity index (χ2v) is 3.91. The summed E-state index contributed by atoms with van der Waals surface area (Å²) in [6.07, 6.45) is 0. The lowest BCUT2D eigenvalue weighted by molar-refractivity contribution is 0.0775. The van der Waals surface area contributed by atoms with Crippen molar-refractivity contribution in [2.45, 2.75) is 6.92 Å². The van der Waals surface area contributed by atoms with Crippen molar-refractivity contribution in [3.05, 3.63) is 29.8 Å². The fourth-order valence-corrected chi connectivity index (χ4v) is 1.72. The number of alkyl halides is 1. The summed E-state index contributed by atoms with van der Waals surface area (Å²) < 4.78 is 0. The molecular weight excluding hydrogens is 258 g/mol. The average Bonchev–Trinajstić information content (AvgIpc) is 2.26. The van der Waals surface area contributed by atoms with Crippen molar-refractivity contribution >= 4 is 21.8 Å². The molecule has 0 radical (unpaired) electrons. The number of carbonyl (C=O) groups excluding carboxylic acids is 1. The van der Waals surface area contributed by atoms with Crippen molar-refractivity contribution in [2.75, 3.05) is 18.4 Å². The maximum absolute atomic E-state index is 11.9. The highest BCUT2D eigenvalue weighted by molar-refractivity contribution is 9.09. The predicted octanol–water partition coefficient (Wildman–Crippen LogP) is 2.25. The molecule has 0 aliphatic heterocycles. The molecule has 0 bridgehead atoms. The van der Waals surface area contributed by atoms with Crippen molar-refractivity contribution in [1.82, 2.24) is 4.90 Å². The van der Waals surface area contributed by atoms with Crippen LogP contribution in [-0.4, -0.2) is 34.3 Å². The maximum Gasteiger partial charge on any atom is 0.253 e. The second-order valence-electron chi connectivity index (χ2n) is 3.12. The Morgan fingerprint density at radius 1 is 1.40 bits per heavy atom. The number of amides is 1. The van der Waals surface area contributed by atoms with Gasteiger partial charge in [0.2, 0.25) is 0 Å². The summed E-state index contributed by atoms with van der Waals surface area (Å²) >= 11 is 3.31. The molecule has 0 aromatic heterocycles. The van der Waals surface area contributed by atoms with Gasteiger partial charge in [0, 0.05) is 24.0 Å². The summed E-state index contributed by atoms with van der Waals surface area (Å²) in [4.78, 5) is 13.7. The van der Waals surface area contributed by atoms with E-state index in [-0.39, 0.29) is 11.7 Å². The number of benzene rings is 1. The van der Waals surface area contributed by atoms with Gasteiger partial charge in [-0.05, 0) is 31.2 Å². The number of rotatable bonds is 4. The van der Waals surface area contributed by atoms with E-state index in [1.165, 1.54) is 12.1 Å². The molecule has 1 N–H and O–H groups in total. The third-order valence-corrected chi connectivity index (χ3v) is 2.49. The van der Waals surface area contributed by atoms with Gasteiger partial charge >= 0.3 is 0 Å². The third kappa shape index (κ3) is 3.23. The fraction of sp³-hybridized carbons (Fsp3) is 0.364. The van der Waals surface area contributed by atoms with Gasteiger partial charge in [0.25, 0.3) is 5.91 Å². The van der Waals surface area contributed by atoms with Gasteiger partial charge in [-0.2, -0.15) is 0 Å². The zero-order chi connectivity index (χ0) is 11.3. The standard InChI is InChI=1S/C11H14BrNO2/c1-2-13(8-7-12)11(15)9-3-5-10(14)6-4-9/h3-6,14H,2,7-8H2,1H3. The van der Waals surface area contributed by atoms with Gasteiger partial charge in [0.1, 0.15) is 5.75 Å². The number of aromatic hydroxyl groups is 1. The number of phenolic OH excluding ortho intramolecular Hbond substituents is 1. The van der Waals surface area contributed by atoms with E-state index >= 15 is 0 Å². The number of halogens is 1. The SMILES string of the molecule is CCN(CCBr)C(=O)c1ccc(O)cc1. The van der Waals surface area contributed by atoms with Gasteiger partial charge in [-0.1, -0.05) is 15.9 Å². The van der Waals surface area contributed by atoms with Crippen molar-refractivity contribution in [1.29, 1.82) is 0 Å². The molecule has 82 valence electrons. The number of phenols is 1. The quantitative estimate of drug-likeness (QED) is 0.854. The lowest BCUT2D eigenvalue weighted by Gasteiger charge is -2.19. The van der Waals surface area contributed by atoms with Gasteiger partial charge in [-0.25, -0.2) is 0 Å². The largest absolute Gasteiger partial charge is 0.508 e. The molecule has 0 aliphatic carbocycles. The molecular formula is C11H14BrNO2. The van der Waals surface area contributed by atoms with Crippen LogP contribution < -0.4 is 0 Å². The molecule has 1 aromatic carbocycles. The number of hydrogen-bond acceptors (Lipinski definition) is 2. The van der Waals surface area contributed by atoms with Crippen LogP contribution in [0.1, 0.15) is 17.3 Å². The molecule has 0 atom stereocenters. The topological polar surface area (TPSA) is 40.5 Å². The first-order valence-corrected chi connectivity index (χ1v) is 5.95. The van der Waals surface area contributed by atoms with E-state index in [0.717, 1.165) is 5.33 Å². The predicted molar refractivity (Wildman–Crippen MR) is 63.5 cm³/mol. The van der Waals surface area contributed by atoms with E-state index in [9.17, 15) is 4.79 Å². The van der Waals surface area contributed by atoms with Gasteiger partial charge in [0.15, 0.2) is 0 Å². The normalized spacial score (nSPS) is 10.0. The third-order valence-electron chi connectivity index (χ3n) is 2.14. The molecule has 0 aliphatic rings. The van der Waals surface area contributed by atoms with E-state index < -0.39 is 0 Å². The van der Waals surface area contributed by atoms with Crippen LogP contribution in [0.4, 0.5) is 0 Å². The molecule has 0 unspecified atom stereocenters. The molecule has 1 amide bonds. The molecule has 3 nitrogen and oxygen atoms in total. The van der Waals surface area contributed by atoms with E-state index in [1.807, 2.05) is 6.92 Å². The summed E-state index contributed by atoms with van der Waals surface area (Å²) in [6, 6.07) is 6.31. The Balaban J connectivity index is 2.78. The van der Waals surface area contributed by atoms with Gasteiger partial charge in [-0.3, -0.25) is 4.79 Å². The van der Waals surface area contributed by atoms with Crippen molar-refractivity contribution in [3.8, 4) is 5.75 Å². The van der Waals surface area contributed by atoms with Crippen LogP contribution in [0.5, 0.6) is 5.75 Å². The van der Waals surface area contributed by atoms with Crippen LogP contribution in [0.15, 0.2) is 24.3 Å². The van der Waals surface area contributed by atoms with Crippen LogP contribution >= 0.6 is 15.9 Å². The van der Waals surface area contributed by atoms with E-state index in [4.69, 9.17) is 5.11 Å². The van der Waals surface area contributed by atoms with Crippen molar-refractivity contribution in [3.63, 3.8) is 0 Å². The summed E-state index contributed by atoms with van der Waals surface area (Å²) in [7, 11) is 0. The van der Waals surface area contributed by atoms with Crippen molar-refractivity contribution < 1.29 is 9.90 Å². The lowest BCUT2D eigenvalue weighted by atomic mass is 10.2. The average molecular weight is 272 g/mol. The highest BCUT2D eigenvalue weighted by Gasteiger charge is 2.12. The fourth-order valence-electron chi connectivity index (χ4n) is 1.29. The minimum atomic E-state index is -0.00282. The first-order chi connectivity index (χ1) is 7.19. The maximum atomic E-state index is 11.9. The first-order valence-electron chi connectivity index (χ1n) is 4.83. The Labute approximate surface area is 97.8 Å². The molecule has 4 heteroatoms. The Bertz CT molecular complexity index is 324. The molecule has 0 heterocycles. The number of carbonyl (C=O) groups is 1.